The van der Waals surface area contributed by atoms with Gasteiger partial charge in [-0.3, -0.25) is 14.6 Å². The van der Waals surface area contributed by atoms with Crippen molar-refractivity contribution in [3.8, 4) is 0 Å². The SMILES string of the molecule is CC(=O)N(CCC(=O)Nc1cccc(C(F)(F)F)c1)Cc1ccncc1. The zero-order chi connectivity index (χ0) is 19.2. The quantitative estimate of drug-likeness (QED) is 0.853. The van der Waals surface area contributed by atoms with Crippen LogP contribution in [0.3, 0.4) is 0 Å². The van der Waals surface area contributed by atoms with Gasteiger partial charge >= 0.3 is 6.18 Å². The molecule has 1 heterocycles. The molecule has 8 heteroatoms. The van der Waals surface area contributed by atoms with Crippen molar-refractivity contribution in [1.29, 1.82) is 0 Å². The van der Waals surface area contributed by atoms with Gasteiger partial charge in [0, 0.05) is 44.5 Å². The number of amides is 2. The molecule has 2 aromatic rings. The van der Waals surface area contributed by atoms with Crippen LogP contribution in [0.4, 0.5) is 18.9 Å². The van der Waals surface area contributed by atoms with Gasteiger partial charge in [0.05, 0.1) is 5.56 Å². The normalized spacial score (nSPS) is 11.1. The monoisotopic (exact) mass is 365 g/mol. The number of halogens is 3. The Morgan fingerprint density at radius 2 is 1.85 bits per heavy atom. The summed E-state index contributed by atoms with van der Waals surface area (Å²) in [5, 5.41) is 2.43. The first-order chi connectivity index (χ1) is 12.3. The third kappa shape index (κ3) is 5.87. The number of nitrogens with one attached hydrogen (secondary N) is 1. The maximum absolute atomic E-state index is 12.7. The van der Waals surface area contributed by atoms with Gasteiger partial charge in [-0.05, 0) is 35.9 Å². The van der Waals surface area contributed by atoms with Crippen LogP contribution in [-0.4, -0.2) is 28.2 Å². The number of alkyl halides is 3. The molecule has 0 aliphatic carbocycles. The van der Waals surface area contributed by atoms with Crippen molar-refractivity contribution in [2.45, 2.75) is 26.1 Å². The van der Waals surface area contributed by atoms with E-state index in [4.69, 9.17) is 0 Å². The highest BCUT2D eigenvalue weighted by Gasteiger charge is 2.30. The number of hydrogen-bond donors (Lipinski definition) is 1. The molecule has 2 amide bonds. The predicted molar refractivity (Wildman–Crippen MR) is 90.0 cm³/mol. The van der Waals surface area contributed by atoms with Crippen molar-refractivity contribution >= 4 is 17.5 Å². The summed E-state index contributed by atoms with van der Waals surface area (Å²) in [5.41, 5.74) is 0.0974. The fourth-order valence-electron chi connectivity index (χ4n) is 2.29. The third-order valence-corrected chi connectivity index (χ3v) is 3.65. The first-order valence-corrected chi connectivity index (χ1v) is 7.87. The number of anilines is 1. The summed E-state index contributed by atoms with van der Waals surface area (Å²) in [7, 11) is 0. The van der Waals surface area contributed by atoms with Crippen molar-refractivity contribution in [3.63, 3.8) is 0 Å². The molecule has 1 aromatic carbocycles. The van der Waals surface area contributed by atoms with Gasteiger partial charge in [-0.25, -0.2) is 0 Å². The number of pyridine rings is 1. The van der Waals surface area contributed by atoms with E-state index in [0.29, 0.717) is 6.54 Å². The van der Waals surface area contributed by atoms with Crippen molar-refractivity contribution in [2.24, 2.45) is 0 Å². The average molecular weight is 365 g/mol. The van der Waals surface area contributed by atoms with Crippen LogP contribution in [0.2, 0.25) is 0 Å². The van der Waals surface area contributed by atoms with E-state index in [2.05, 4.69) is 10.3 Å². The van der Waals surface area contributed by atoms with E-state index in [-0.39, 0.29) is 24.6 Å². The van der Waals surface area contributed by atoms with Crippen molar-refractivity contribution < 1.29 is 22.8 Å². The van der Waals surface area contributed by atoms with E-state index in [1.54, 1.807) is 24.5 Å². The van der Waals surface area contributed by atoms with Gasteiger partial charge in [-0.2, -0.15) is 13.2 Å². The van der Waals surface area contributed by atoms with E-state index in [0.717, 1.165) is 17.7 Å². The highest BCUT2D eigenvalue weighted by Crippen LogP contribution is 2.30. The van der Waals surface area contributed by atoms with Gasteiger partial charge in [0.15, 0.2) is 0 Å². The van der Waals surface area contributed by atoms with Gasteiger partial charge in [0.2, 0.25) is 11.8 Å². The minimum absolute atomic E-state index is 0.0269. The van der Waals surface area contributed by atoms with E-state index >= 15 is 0 Å². The minimum atomic E-state index is -4.48. The standard InChI is InChI=1S/C18H18F3N3O2/c1-13(25)24(12-14-5-8-22-9-6-14)10-7-17(26)23-16-4-2-3-15(11-16)18(19,20)21/h2-6,8-9,11H,7,10,12H2,1H3,(H,23,26). The predicted octanol–water partition coefficient (Wildman–Crippen LogP) is 3.48. The Hall–Kier alpha value is -2.90. The van der Waals surface area contributed by atoms with Gasteiger partial charge in [0.1, 0.15) is 0 Å². The van der Waals surface area contributed by atoms with E-state index < -0.39 is 17.6 Å². The number of hydrogen-bond acceptors (Lipinski definition) is 3. The largest absolute Gasteiger partial charge is 0.416 e. The van der Waals surface area contributed by atoms with Crippen LogP contribution in [0.25, 0.3) is 0 Å². The van der Waals surface area contributed by atoms with Crippen LogP contribution in [0, 0.1) is 0 Å². The molecule has 0 atom stereocenters. The molecule has 2 rings (SSSR count). The second kappa shape index (κ2) is 8.46. The molecule has 138 valence electrons. The summed E-state index contributed by atoms with van der Waals surface area (Å²) in [6.07, 6.45) is -1.29. The maximum atomic E-state index is 12.7. The van der Waals surface area contributed by atoms with Crippen molar-refractivity contribution in [3.05, 3.63) is 59.9 Å². The van der Waals surface area contributed by atoms with Gasteiger partial charge in [-0.15, -0.1) is 0 Å². The molecular weight excluding hydrogens is 347 g/mol. The molecular formula is C18H18F3N3O2. The summed E-state index contributed by atoms with van der Waals surface area (Å²) in [5.74, 6) is -0.668. The lowest BCUT2D eigenvalue weighted by Crippen LogP contribution is -2.31. The number of carbonyl (C=O) groups is 2. The first kappa shape index (κ1) is 19.4. The second-order valence-electron chi connectivity index (χ2n) is 5.67. The van der Waals surface area contributed by atoms with E-state index in [1.807, 2.05) is 0 Å². The molecule has 0 bridgehead atoms. The summed E-state index contributed by atoms with van der Waals surface area (Å²) < 4.78 is 38.1. The molecule has 0 saturated heterocycles. The Labute approximate surface area is 148 Å². The molecule has 0 unspecified atom stereocenters. The van der Waals surface area contributed by atoms with Crippen LogP contribution >= 0.6 is 0 Å². The molecule has 0 aliphatic heterocycles. The highest BCUT2D eigenvalue weighted by atomic mass is 19.4. The Morgan fingerprint density at radius 1 is 1.15 bits per heavy atom. The maximum Gasteiger partial charge on any atom is 0.416 e. The van der Waals surface area contributed by atoms with Crippen LogP contribution in [0.5, 0.6) is 0 Å². The van der Waals surface area contributed by atoms with Gasteiger partial charge in [0.25, 0.3) is 0 Å². The zero-order valence-corrected chi connectivity index (χ0v) is 14.1. The number of benzene rings is 1. The lowest BCUT2D eigenvalue weighted by Gasteiger charge is -2.21. The molecule has 1 N–H and O–H groups in total. The molecule has 0 aliphatic rings. The van der Waals surface area contributed by atoms with E-state index in [1.165, 1.54) is 24.0 Å². The Morgan fingerprint density at radius 3 is 2.46 bits per heavy atom. The number of nitrogens with zero attached hydrogens (tertiary/aromatic N) is 2. The summed E-state index contributed by atoms with van der Waals surface area (Å²) in [6.45, 7) is 1.88. The fraction of sp³-hybridized carbons (Fsp3) is 0.278. The molecule has 5 nitrogen and oxygen atoms in total. The summed E-state index contributed by atoms with van der Waals surface area (Å²) in [6, 6.07) is 7.94. The van der Waals surface area contributed by atoms with Crippen LogP contribution in [0.15, 0.2) is 48.8 Å². The van der Waals surface area contributed by atoms with Crippen molar-refractivity contribution in [2.75, 3.05) is 11.9 Å². The smallest absolute Gasteiger partial charge is 0.338 e. The molecule has 0 saturated carbocycles. The van der Waals surface area contributed by atoms with Gasteiger partial charge in [-0.1, -0.05) is 6.07 Å². The first-order valence-electron chi connectivity index (χ1n) is 7.87. The van der Waals surface area contributed by atoms with Crippen LogP contribution < -0.4 is 5.32 Å². The minimum Gasteiger partial charge on any atom is -0.338 e. The third-order valence-electron chi connectivity index (χ3n) is 3.65. The Balaban J connectivity index is 1.93. The molecule has 0 fully saturated rings. The van der Waals surface area contributed by atoms with Crippen molar-refractivity contribution in [1.82, 2.24) is 9.88 Å². The second-order valence-corrected chi connectivity index (χ2v) is 5.67. The fourth-order valence-corrected chi connectivity index (χ4v) is 2.29. The van der Waals surface area contributed by atoms with Crippen LogP contribution in [0.1, 0.15) is 24.5 Å². The number of rotatable bonds is 6. The van der Waals surface area contributed by atoms with Crippen LogP contribution in [-0.2, 0) is 22.3 Å². The molecule has 0 spiro atoms. The van der Waals surface area contributed by atoms with Gasteiger partial charge < -0.3 is 10.2 Å². The molecule has 26 heavy (non-hydrogen) atoms. The zero-order valence-electron chi connectivity index (χ0n) is 14.1. The summed E-state index contributed by atoms with van der Waals surface area (Å²) in [4.78, 5) is 29.1. The topological polar surface area (TPSA) is 62.3 Å². The Bertz CT molecular complexity index is 764. The summed E-state index contributed by atoms with van der Waals surface area (Å²) >= 11 is 0. The number of aromatic nitrogens is 1. The number of carbonyl (C=O) groups excluding carboxylic acids is 2. The molecule has 1 aromatic heterocycles. The highest BCUT2D eigenvalue weighted by molar-refractivity contribution is 5.91. The Kier molecular flexibility index (Phi) is 6.32. The van der Waals surface area contributed by atoms with E-state index in [9.17, 15) is 22.8 Å². The molecule has 0 radical (unpaired) electrons. The lowest BCUT2D eigenvalue weighted by atomic mass is 10.2. The lowest BCUT2D eigenvalue weighted by molar-refractivity contribution is -0.137. The average Bonchev–Trinajstić information content (AvgIpc) is 2.58.